The first-order valence-electron chi connectivity index (χ1n) is 10.7. The topological polar surface area (TPSA) is 73.0 Å². The van der Waals surface area contributed by atoms with Crippen LogP contribution >= 0.6 is 11.3 Å². The van der Waals surface area contributed by atoms with E-state index in [4.69, 9.17) is 0 Å². The van der Waals surface area contributed by atoms with Crippen LogP contribution in [0.25, 0.3) is 0 Å². The summed E-state index contributed by atoms with van der Waals surface area (Å²) in [6, 6.07) is 0. The van der Waals surface area contributed by atoms with Crippen molar-refractivity contribution in [3.8, 4) is 0 Å². The molecule has 1 aliphatic carbocycles. The molecule has 3 amide bonds. The number of likely N-dealkylation sites (N-methyl/N-ethyl adjacent to an activating group) is 1. The second-order valence-electron chi connectivity index (χ2n) is 8.92. The van der Waals surface area contributed by atoms with Crippen LogP contribution in [-0.2, 0) is 22.6 Å². The highest BCUT2D eigenvalue weighted by molar-refractivity contribution is 7.17. The Balaban J connectivity index is 1.42. The Labute approximate surface area is 175 Å². The number of carbonyl (C=O) groups excluding carboxylic acids is 3. The van der Waals surface area contributed by atoms with E-state index in [0.29, 0.717) is 49.9 Å². The maximum Gasteiger partial charge on any atom is 0.257 e. The zero-order valence-electron chi connectivity index (χ0n) is 16.9. The van der Waals surface area contributed by atoms with E-state index in [-0.39, 0.29) is 24.3 Å². The molecule has 1 saturated heterocycles. The average molecular weight is 417 g/mol. The maximum absolute atomic E-state index is 13.1. The SMILES string of the molecule is CN1CC(=O)N(CC2CC2)c2sc3c(c2C1=O)CCN(C(=O)CC1CCNC1)C3. The van der Waals surface area contributed by atoms with Crippen molar-refractivity contribution in [1.29, 1.82) is 0 Å². The summed E-state index contributed by atoms with van der Waals surface area (Å²) in [4.78, 5) is 45.2. The molecule has 2 fully saturated rings. The van der Waals surface area contributed by atoms with Crippen LogP contribution in [0, 0.1) is 11.8 Å². The number of rotatable bonds is 4. The highest BCUT2D eigenvalue weighted by atomic mass is 32.1. The summed E-state index contributed by atoms with van der Waals surface area (Å²) >= 11 is 1.55. The highest BCUT2D eigenvalue weighted by Gasteiger charge is 2.39. The van der Waals surface area contributed by atoms with Gasteiger partial charge in [-0.3, -0.25) is 14.4 Å². The number of amides is 3. The Morgan fingerprint density at radius 2 is 2.00 bits per heavy atom. The molecule has 1 saturated carbocycles. The second kappa shape index (κ2) is 7.40. The van der Waals surface area contributed by atoms with Crippen LogP contribution in [0.1, 0.15) is 46.5 Å². The van der Waals surface area contributed by atoms with Gasteiger partial charge in [0.25, 0.3) is 5.91 Å². The lowest BCUT2D eigenvalue weighted by Gasteiger charge is -2.28. The standard InChI is InChI=1S/C21H28N4O3S/c1-23-12-18(27)25(10-13-2-3-13)21-19(20(23)28)15-5-7-24(11-16(15)29-21)17(26)8-14-4-6-22-9-14/h13-14,22H,2-12H2,1H3. The van der Waals surface area contributed by atoms with Crippen LogP contribution in [-0.4, -0.2) is 67.3 Å². The van der Waals surface area contributed by atoms with E-state index in [1.807, 2.05) is 9.80 Å². The first kappa shape index (κ1) is 19.1. The molecule has 29 heavy (non-hydrogen) atoms. The van der Waals surface area contributed by atoms with Crippen LogP contribution < -0.4 is 10.2 Å². The number of nitrogens with one attached hydrogen (secondary N) is 1. The average Bonchev–Trinajstić information content (AvgIpc) is 3.25. The van der Waals surface area contributed by atoms with Gasteiger partial charge in [-0.15, -0.1) is 11.3 Å². The molecule has 4 aliphatic rings. The number of hydrogen-bond acceptors (Lipinski definition) is 5. The Hall–Kier alpha value is -1.93. The van der Waals surface area contributed by atoms with Crippen LogP contribution in [0.15, 0.2) is 0 Å². The van der Waals surface area contributed by atoms with Crippen molar-refractivity contribution in [3.05, 3.63) is 16.0 Å². The van der Waals surface area contributed by atoms with Gasteiger partial charge in [0.05, 0.1) is 12.1 Å². The third kappa shape index (κ3) is 3.57. The second-order valence-corrected chi connectivity index (χ2v) is 10.0. The molecule has 1 aromatic heterocycles. The Morgan fingerprint density at radius 3 is 2.72 bits per heavy atom. The first-order chi connectivity index (χ1) is 14.0. The number of hydrogen-bond donors (Lipinski definition) is 1. The fourth-order valence-corrected chi connectivity index (χ4v) is 6.07. The molecule has 0 bridgehead atoms. The Morgan fingerprint density at radius 1 is 1.17 bits per heavy atom. The summed E-state index contributed by atoms with van der Waals surface area (Å²) in [7, 11) is 1.71. The lowest BCUT2D eigenvalue weighted by Crippen LogP contribution is -2.39. The van der Waals surface area contributed by atoms with E-state index in [1.54, 1.807) is 23.3 Å². The molecule has 8 heteroatoms. The van der Waals surface area contributed by atoms with Crippen LogP contribution in [0.4, 0.5) is 5.00 Å². The molecular formula is C21H28N4O3S. The molecule has 1 aromatic rings. The summed E-state index contributed by atoms with van der Waals surface area (Å²) < 4.78 is 0. The fourth-order valence-electron chi connectivity index (χ4n) is 4.68. The Kier molecular flexibility index (Phi) is 4.86. The van der Waals surface area contributed by atoms with Crippen LogP contribution in [0.5, 0.6) is 0 Å². The predicted octanol–water partition coefficient (Wildman–Crippen LogP) is 1.46. The van der Waals surface area contributed by atoms with Crippen molar-refractivity contribution in [2.75, 3.05) is 44.7 Å². The molecule has 7 nitrogen and oxygen atoms in total. The molecule has 3 aliphatic heterocycles. The number of carbonyl (C=O) groups is 3. The quantitative estimate of drug-likeness (QED) is 0.807. The Bertz CT molecular complexity index is 856. The predicted molar refractivity (Wildman–Crippen MR) is 111 cm³/mol. The van der Waals surface area contributed by atoms with Crippen LogP contribution in [0.3, 0.4) is 0 Å². The highest BCUT2D eigenvalue weighted by Crippen LogP contribution is 2.43. The monoisotopic (exact) mass is 416 g/mol. The van der Waals surface area contributed by atoms with Crippen molar-refractivity contribution in [2.24, 2.45) is 11.8 Å². The zero-order valence-corrected chi connectivity index (χ0v) is 17.7. The van der Waals surface area contributed by atoms with Gasteiger partial charge in [-0.2, -0.15) is 0 Å². The number of nitrogens with zero attached hydrogens (tertiary/aromatic N) is 3. The molecule has 1 N–H and O–H groups in total. The molecule has 4 heterocycles. The molecule has 5 rings (SSSR count). The number of fused-ring (bicyclic) bond motifs is 3. The summed E-state index contributed by atoms with van der Waals surface area (Å²) in [5.74, 6) is 1.16. The maximum atomic E-state index is 13.1. The van der Waals surface area contributed by atoms with E-state index < -0.39 is 0 Å². The third-order valence-electron chi connectivity index (χ3n) is 6.63. The van der Waals surface area contributed by atoms with Gasteiger partial charge >= 0.3 is 0 Å². The molecule has 156 valence electrons. The minimum absolute atomic E-state index is 0.00626. The minimum Gasteiger partial charge on any atom is -0.337 e. The van der Waals surface area contributed by atoms with Gasteiger partial charge in [-0.25, -0.2) is 0 Å². The van der Waals surface area contributed by atoms with Crippen molar-refractivity contribution in [1.82, 2.24) is 15.1 Å². The van der Waals surface area contributed by atoms with Crippen molar-refractivity contribution < 1.29 is 14.4 Å². The minimum atomic E-state index is -0.0547. The molecule has 1 unspecified atom stereocenters. The van der Waals surface area contributed by atoms with Gasteiger partial charge < -0.3 is 20.0 Å². The van der Waals surface area contributed by atoms with E-state index >= 15 is 0 Å². The van der Waals surface area contributed by atoms with Gasteiger partial charge in [0.1, 0.15) is 11.5 Å². The number of thiophene rings is 1. The molecule has 0 spiro atoms. The van der Waals surface area contributed by atoms with Gasteiger partial charge in [0.2, 0.25) is 11.8 Å². The third-order valence-corrected chi connectivity index (χ3v) is 7.87. The first-order valence-corrected chi connectivity index (χ1v) is 11.5. The largest absolute Gasteiger partial charge is 0.337 e. The van der Waals surface area contributed by atoms with Crippen molar-refractivity contribution in [3.63, 3.8) is 0 Å². The lowest BCUT2D eigenvalue weighted by atomic mass is 9.99. The molecular weight excluding hydrogens is 388 g/mol. The lowest BCUT2D eigenvalue weighted by molar-refractivity contribution is -0.133. The van der Waals surface area contributed by atoms with E-state index in [1.165, 1.54) is 0 Å². The zero-order chi connectivity index (χ0) is 20.1. The summed E-state index contributed by atoms with van der Waals surface area (Å²) in [6.07, 6.45) is 4.68. The summed E-state index contributed by atoms with van der Waals surface area (Å²) in [5, 5.41) is 4.14. The van der Waals surface area contributed by atoms with Crippen molar-refractivity contribution in [2.45, 2.75) is 38.6 Å². The molecule has 1 atom stereocenters. The summed E-state index contributed by atoms with van der Waals surface area (Å²) in [6.45, 7) is 4.00. The molecule has 0 radical (unpaired) electrons. The number of anilines is 1. The van der Waals surface area contributed by atoms with E-state index in [9.17, 15) is 14.4 Å². The van der Waals surface area contributed by atoms with Crippen LogP contribution in [0.2, 0.25) is 0 Å². The van der Waals surface area contributed by atoms with Gasteiger partial charge in [0, 0.05) is 31.4 Å². The smallest absolute Gasteiger partial charge is 0.257 e. The van der Waals surface area contributed by atoms with Gasteiger partial charge in [0.15, 0.2) is 0 Å². The molecule has 0 aromatic carbocycles. The summed E-state index contributed by atoms with van der Waals surface area (Å²) in [5.41, 5.74) is 1.77. The normalized spacial score (nSPS) is 24.6. The van der Waals surface area contributed by atoms with Gasteiger partial charge in [-0.05, 0) is 56.2 Å². The fraction of sp³-hybridized carbons (Fsp3) is 0.667. The van der Waals surface area contributed by atoms with Crippen molar-refractivity contribution >= 4 is 34.1 Å². The van der Waals surface area contributed by atoms with Gasteiger partial charge in [-0.1, -0.05) is 0 Å². The van der Waals surface area contributed by atoms with E-state index in [2.05, 4.69) is 5.32 Å². The van der Waals surface area contributed by atoms with E-state index in [0.717, 1.165) is 47.8 Å².